The maximum absolute atomic E-state index is 5.70. The van der Waals surface area contributed by atoms with Gasteiger partial charge in [0.2, 0.25) is 0 Å². The van der Waals surface area contributed by atoms with Crippen molar-refractivity contribution in [3.05, 3.63) is 26.6 Å². The molecule has 1 rings (SSSR count). The van der Waals surface area contributed by atoms with Gasteiger partial charge in [-0.2, -0.15) is 0 Å². The molecule has 0 unspecified atom stereocenters. The van der Waals surface area contributed by atoms with Gasteiger partial charge in [0.05, 0.1) is 11.1 Å². The lowest BCUT2D eigenvalue weighted by Crippen LogP contribution is -2.21. The highest BCUT2D eigenvalue weighted by molar-refractivity contribution is 9.11. The van der Waals surface area contributed by atoms with E-state index >= 15 is 0 Å². The second-order valence-electron chi connectivity index (χ2n) is 4.19. The van der Waals surface area contributed by atoms with E-state index in [1.54, 1.807) is 0 Å². The maximum atomic E-state index is 5.70. The van der Waals surface area contributed by atoms with Crippen molar-refractivity contribution in [2.24, 2.45) is 0 Å². The second-order valence-corrected chi connectivity index (χ2v) is 5.96. The summed E-state index contributed by atoms with van der Waals surface area (Å²) < 4.78 is 7.75. The molecule has 124 valence electrons. The Kier molecular flexibility index (Phi) is 15.9. The average Bonchev–Trinajstić information content (AvgIpc) is 2.37. The van der Waals surface area contributed by atoms with Gasteiger partial charge in [-0.3, -0.25) is 0 Å². The minimum Gasteiger partial charge on any atom is -0.492 e. The van der Waals surface area contributed by atoms with Gasteiger partial charge >= 0.3 is 0 Å². The molecule has 0 heterocycles. The molecule has 0 aliphatic heterocycles. The Morgan fingerprint density at radius 2 is 1.71 bits per heavy atom. The summed E-state index contributed by atoms with van der Waals surface area (Å²) in [4.78, 5) is 0. The van der Waals surface area contributed by atoms with Crippen LogP contribution in [0.15, 0.2) is 21.1 Å². The van der Waals surface area contributed by atoms with Gasteiger partial charge in [-0.1, -0.05) is 22.9 Å². The molecule has 0 saturated carbocycles. The van der Waals surface area contributed by atoms with Crippen LogP contribution in [0.25, 0.3) is 0 Å². The Labute approximate surface area is 157 Å². The third-order valence-corrected chi connectivity index (χ3v) is 3.69. The van der Waals surface area contributed by atoms with Crippen LogP contribution in [-0.4, -0.2) is 26.2 Å². The maximum Gasteiger partial charge on any atom is 0.138 e. The molecule has 0 saturated heterocycles. The van der Waals surface area contributed by atoms with Crippen LogP contribution in [0.5, 0.6) is 5.75 Å². The van der Waals surface area contributed by atoms with E-state index in [1.807, 2.05) is 13.0 Å². The largest absolute Gasteiger partial charge is 0.492 e. The summed E-state index contributed by atoms with van der Waals surface area (Å²) in [6.07, 6.45) is 1.13. The van der Waals surface area contributed by atoms with E-state index in [0.29, 0.717) is 6.61 Å². The third kappa shape index (κ3) is 9.26. The molecular formula is C14H24Br2Cl2N2O. The monoisotopic (exact) mass is 464 g/mol. The fraction of sp³-hybridized carbons (Fsp3) is 0.571. The summed E-state index contributed by atoms with van der Waals surface area (Å²) >= 11 is 7.07. The van der Waals surface area contributed by atoms with Crippen molar-refractivity contribution in [1.29, 1.82) is 0 Å². The SMILES string of the molecule is CCNCCCNCc1cc(Br)cc(Br)c1OCC.Cl.Cl. The molecule has 2 N–H and O–H groups in total. The van der Waals surface area contributed by atoms with Crippen LogP contribution in [0, 0.1) is 0 Å². The molecule has 3 nitrogen and oxygen atoms in total. The number of ether oxygens (including phenoxy) is 1. The van der Waals surface area contributed by atoms with E-state index in [9.17, 15) is 0 Å². The first kappa shape index (κ1) is 23.7. The first-order valence-electron chi connectivity index (χ1n) is 6.71. The average molecular weight is 467 g/mol. The highest BCUT2D eigenvalue weighted by atomic mass is 79.9. The van der Waals surface area contributed by atoms with Gasteiger partial charge in [-0.15, -0.1) is 24.8 Å². The van der Waals surface area contributed by atoms with Crippen molar-refractivity contribution in [2.75, 3.05) is 26.2 Å². The smallest absolute Gasteiger partial charge is 0.138 e. The van der Waals surface area contributed by atoms with E-state index in [1.165, 1.54) is 5.56 Å². The van der Waals surface area contributed by atoms with E-state index < -0.39 is 0 Å². The summed E-state index contributed by atoms with van der Waals surface area (Å²) in [7, 11) is 0. The molecule has 0 aliphatic rings. The number of benzene rings is 1. The zero-order valence-electron chi connectivity index (χ0n) is 12.4. The number of hydrogen-bond donors (Lipinski definition) is 2. The van der Waals surface area contributed by atoms with Gasteiger partial charge in [-0.25, -0.2) is 0 Å². The first-order chi connectivity index (χ1) is 9.19. The standard InChI is InChI=1S/C14H22Br2N2O.2ClH/c1-3-17-6-5-7-18-10-11-8-12(15)9-13(16)14(11)19-4-2;;/h8-9,17-18H,3-7,10H2,1-2H3;2*1H. The lowest BCUT2D eigenvalue weighted by Gasteiger charge is -2.13. The zero-order valence-corrected chi connectivity index (χ0v) is 17.2. The highest BCUT2D eigenvalue weighted by Gasteiger charge is 2.09. The summed E-state index contributed by atoms with van der Waals surface area (Å²) in [6.45, 7) is 8.72. The molecule has 0 fully saturated rings. The predicted octanol–water partition coefficient (Wildman–Crippen LogP) is 4.54. The molecule has 0 spiro atoms. The minimum absolute atomic E-state index is 0. The third-order valence-electron chi connectivity index (χ3n) is 2.65. The lowest BCUT2D eigenvalue weighted by atomic mass is 10.2. The molecule has 0 amide bonds. The second kappa shape index (κ2) is 14.1. The molecule has 0 atom stereocenters. The van der Waals surface area contributed by atoms with Crippen LogP contribution in [0.2, 0.25) is 0 Å². The molecule has 0 aromatic heterocycles. The van der Waals surface area contributed by atoms with Gasteiger partial charge in [0.25, 0.3) is 0 Å². The van der Waals surface area contributed by atoms with Crippen LogP contribution < -0.4 is 15.4 Å². The van der Waals surface area contributed by atoms with Crippen LogP contribution in [0.3, 0.4) is 0 Å². The van der Waals surface area contributed by atoms with Crippen LogP contribution in [0.1, 0.15) is 25.8 Å². The molecular weight excluding hydrogens is 443 g/mol. The van der Waals surface area contributed by atoms with Crippen molar-refractivity contribution in [2.45, 2.75) is 26.8 Å². The van der Waals surface area contributed by atoms with Crippen molar-refractivity contribution in [3.63, 3.8) is 0 Å². The van der Waals surface area contributed by atoms with Crippen molar-refractivity contribution in [1.82, 2.24) is 10.6 Å². The zero-order chi connectivity index (χ0) is 14.1. The number of halogens is 4. The highest BCUT2D eigenvalue weighted by Crippen LogP contribution is 2.32. The van der Waals surface area contributed by atoms with Gasteiger partial charge in [-0.05, 0) is 61.0 Å². The molecule has 0 bridgehead atoms. The Bertz CT molecular complexity index is 395. The van der Waals surface area contributed by atoms with Gasteiger partial charge in [0.15, 0.2) is 0 Å². The molecule has 1 aromatic carbocycles. The molecule has 21 heavy (non-hydrogen) atoms. The van der Waals surface area contributed by atoms with Crippen molar-refractivity contribution < 1.29 is 4.74 Å². The summed E-state index contributed by atoms with van der Waals surface area (Å²) in [6, 6.07) is 4.12. The van der Waals surface area contributed by atoms with E-state index in [4.69, 9.17) is 4.74 Å². The van der Waals surface area contributed by atoms with Crippen LogP contribution in [-0.2, 0) is 6.54 Å². The van der Waals surface area contributed by atoms with E-state index in [2.05, 4.69) is 55.5 Å². The molecule has 0 radical (unpaired) electrons. The quantitative estimate of drug-likeness (QED) is 0.524. The number of rotatable bonds is 9. The molecule has 7 heteroatoms. The molecule has 0 aliphatic carbocycles. The summed E-state index contributed by atoms with van der Waals surface area (Å²) in [5.41, 5.74) is 1.17. The topological polar surface area (TPSA) is 33.3 Å². The number of nitrogens with one attached hydrogen (secondary N) is 2. The normalized spacial score (nSPS) is 9.71. The van der Waals surface area contributed by atoms with Crippen molar-refractivity contribution in [3.8, 4) is 5.75 Å². The lowest BCUT2D eigenvalue weighted by molar-refractivity contribution is 0.333. The Morgan fingerprint density at radius 1 is 1.05 bits per heavy atom. The van der Waals surface area contributed by atoms with Gasteiger partial charge in [0.1, 0.15) is 5.75 Å². The summed E-state index contributed by atoms with van der Waals surface area (Å²) in [5.74, 6) is 0.935. The summed E-state index contributed by atoms with van der Waals surface area (Å²) in [5, 5.41) is 6.77. The first-order valence-corrected chi connectivity index (χ1v) is 8.29. The Morgan fingerprint density at radius 3 is 2.33 bits per heavy atom. The van der Waals surface area contributed by atoms with Crippen LogP contribution >= 0.6 is 56.7 Å². The number of hydrogen-bond acceptors (Lipinski definition) is 3. The fourth-order valence-electron chi connectivity index (χ4n) is 1.79. The van der Waals surface area contributed by atoms with E-state index in [0.717, 1.165) is 47.3 Å². The Hall–Kier alpha value is 0.480. The Balaban J connectivity index is 0. The van der Waals surface area contributed by atoms with Crippen LogP contribution in [0.4, 0.5) is 0 Å². The molecule has 1 aromatic rings. The fourth-order valence-corrected chi connectivity index (χ4v) is 3.22. The minimum atomic E-state index is 0. The van der Waals surface area contributed by atoms with E-state index in [-0.39, 0.29) is 24.8 Å². The van der Waals surface area contributed by atoms with Crippen molar-refractivity contribution >= 4 is 56.7 Å². The van der Waals surface area contributed by atoms with Gasteiger partial charge in [0, 0.05) is 16.6 Å². The predicted molar refractivity (Wildman–Crippen MR) is 102 cm³/mol. The van der Waals surface area contributed by atoms with Gasteiger partial charge < -0.3 is 15.4 Å².